The van der Waals surface area contributed by atoms with E-state index in [1.54, 1.807) is 6.07 Å². The van der Waals surface area contributed by atoms with Crippen LogP contribution in [0.15, 0.2) is 41.4 Å². The molecule has 1 aliphatic carbocycles. The van der Waals surface area contributed by atoms with E-state index in [4.69, 9.17) is 14.2 Å². The zero-order valence-electron chi connectivity index (χ0n) is 13.4. The van der Waals surface area contributed by atoms with Crippen molar-refractivity contribution in [1.82, 2.24) is 0 Å². The number of halogens is 1. The van der Waals surface area contributed by atoms with Gasteiger partial charge < -0.3 is 14.2 Å². The third-order valence-corrected chi connectivity index (χ3v) is 4.64. The minimum absolute atomic E-state index is 0.116. The van der Waals surface area contributed by atoms with Gasteiger partial charge in [0.25, 0.3) is 0 Å². The number of aliphatic imine (C=N–C) groups is 1. The van der Waals surface area contributed by atoms with E-state index in [9.17, 15) is 4.39 Å². The SMILES string of the molecule is Fc1cc(-c2ccc3c(c2)OCO3)ccc1CO[C@H]1C[C@H](N=C=S)C1. The Balaban J connectivity index is 1.42. The van der Waals surface area contributed by atoms with E-state index < -0.39 is 0 Å². The summed E-state index contributed by atoms with van der Waals surface area (Å²) in [5.74, 6) is 1.12. The van der Waals surface area contributed by atoms with Gasteiger partial charge in [-0.1, -0.05) is 18.2 Å². The molecule has 1 saturated carbocycles. The number of hydrogen-bond donors (Lipinski definition) is 0. The standard InChI is InChI=1S/C19H16FNO3S/c20-17-5-12(13-3-4-18-19(6-13)24-11-23-18)1-2-14(17)9-22-16-7-15(8-16)21-10-25/h1-6,15-16H,7-9,11H2/t15-,16-. The van der Waals surface area contributed by atoms with Gasteiger partial charge in [-0.3, -0.25) is 0 Å². The van der Waals surface area contributed by atoms with Crippen molar-refractivity contribution in [2.24, 2.45) is 4.99 Å². The maximum atomic E-state index is 14.4. The average Bonchev–Trinajstić information content (AvgIpc) is 3.05. The van der Waals surface area contributed by atoms with E-state index in [1.807, 2.05) is 24.3 Å². The fourth-order valence-electron chi connectivity index (χ4n) is 2.98. The Morgan fingerprint density at radius 2 is 1.88 bits per heavy atom. The van der Waals surface area contributed by atoms with Crippen LogP contribution in [0.4, 0.5) is 4.39 Å². The van der Waals surface area contributed by atoms with Crippen molar-refractivity contribution in [3.8, 4) is 22.6 Å². The predicted octanol–water partition coefficient (Wildman–Crippen LogP) is 4.37. The first-order chi connectivity index (χ1) is 12.2. The molecule has 128 valence electrons. The maximum absolute atomic E-state index is 14.4. The molecule has 0 spiro atoms. The molecule has 2 aromatic carbocycles. The summed E-state index contributed by atoms with van der Waals surface area (Å²) >= 11 is 4.58. The van der Waals surface area contributed by atoms with Crippen LogP contribution in [0.25, 0.3) is 11.1 Å². The molecule has 2 aromatic rings. The van der Waals surface area contributed by atoms with Crippen LogP contribution in [0.2, 0.25) is 0 Å². The van der Waals surface area contributed by atoms with Crippen LogP contribution in [0.1, 0.15) is 18.4 Å². The molecule has 4 rings (SSSR count). The molecule has 0 amide bonds. The molecule has 6 heteroatoms. The molecule has 0 N–H and O–H groups in total. The van der Waals surface area contributed by atoms with Crippen molar-refractivity contribution in [2.45, 2.75) is 31.6 Å². The predicted molar refractivity (Wildman–Crippen MR) is 94.6 cm³/mol. The first-order valence-corrected chi connectivity index (χ1v) is 8.51. The number of nitrogens with zero attached hydrogens (tertiary/aromatic N) is 1. The van der Waals surface area contributed by atoms with Crippen molar-refractivity contribution >= 4 is 17.4 Å². The molecule has 1 heterocycles. The van der Waals surface area contributed by atoms with Crippen molar-refractivity contribution in [1.29, 1.82) is 0 Å². The Morgan fingerprint density at radius 1 is 1.12 bits per heavy atom. The van der Waals surface area contributed by atoms with Gasteiger partial charge in [-0.05, 0) is 54.4 Å². The summed E-state index contributed by atoms with van der Waals surface area (Å²) in [6, 6.07) is 11.0. The van der Waals surface area contributed by atoms with Crippen molar-refractivity contribution in [3.05, 3.63) is 47.8 Å². The highest BCUT2D eigenvalue weighted by Gasteiger charge is 2.29. The zero-order valence-corrected chi connectivity index (χ0v) is 14.2. The monoisotopic (exact) mass is 357 g/mol. The van der Waals surface area contributed by atoms with Gasteiger partial charge in [0.2, 0.25) is 6.79 Å². The molecule has 1 fully saturated rings. The second-order valence-corrected chi connectivity index (χ2v) is 6.34. The lowest BCUT2D eigenvalue weighted by atomic mass is 9.90. The van der Waals surface area contributed by atoms with Gasteiger partial charge in [0.15, 0.2) is 11.5 Å². The third-order valence-electron chi connectivity index (χ3n) is 4.54. The molecule has 0 bridgehead atoms. The number of fused-ring (bicyclic) bond motifs is 1. The van der Waals surface area contributed by atoms with Gasteiger partial charge in [-0.25, -0.2) is 9.38 Å². The molecule has 0 radical (unpaired) electrons. The van der Waals surface area contributed by atoms with Crippen molar-refractivity contribution < 1.29 is 18.6 Å². The molecular weight excluding hydrogens is 341 g/mol. The Kier molecular flexibility index (Phi) is 4.49. The first-order valence-electron chi connectivity index (χ1n) is 8.10. The minimum atomic E-state index is -0.275. The Bertz CT molecular complexity index is 845. The summed E-state index contributed by atoms with van der Waals surface area (Å²) < 4.78 is 30.8. The lowest BCUT2D eigenvalue weighted by molar-refractivity contribution is -0.0192. The van der Waals surface area contributed by atoms with Crippen molar-refractivity contribution in [2.75, 3.05) is 6.79 Å². The molecule has 0 saturated heterocycles. The second kappa shape index (κ2) is 6.92. The van der Waals surface area contributed by atoms with E-state index in [0.717, 1.165) is 24.0 Å². The second-order valence-electron chi connectivity index (χ2n) is 6.15. The quantitative estimate of drug-likeness (QED) is 0.588. The van der Waals surface area contributed by atoms with Gasteiger partial charge in [-0.15, -0.1) is 0 Å². The van der Waals surface area contributed by atoms with Crippen LogP contribution in [-0.4, -0.2) is 24.1 Å². The molecule has 0 atom stereocenters. The fourth-order valence-corrected chi connectivity index (χ4v) is 3.13. The van der Waals surface area contributed by atoms with Crippen LogP contribution >= 0.6 is 12.2 Å². The Labute approximate surface area is 150 Å². The van der Waals surface area contributed by atoms with E-state index in [0.29, 0.717) is 17.1 Å². The molecule has 4 nitrogen and oxygen atoms in total. The van der Waals surface area contributed by atoms with Crippen LogP contribution in [0, 0.1) is 5.82 Å². The summed E-state index contributed by atoms with van der Waals surface area (Å²) in [5, 5.41) is 2.39. The number of benzene rings is 2. The fraction of sp³-hybridized carbons (Fsp3) is 0.316. The third kappa shape index (κ3) is 3.42. The van der Waals surface area contributed by atoms with Gasteiger partial charge in [0.05, 0.1) is 23.9 Å². The molecule has 0 unspecified atom stereocenters. The molecule has 0 aromatic heterocycles. The average molecular weight is 357 g/mol. The highest BCUT2D eigenvalue weighted by Crippen LogP contribution is 2.36. The molecule has 25 heavy (non-hydrogen) atoms. The maximum Gasteiger partial charge on any atom is 0.231 e. The van der Waals surface area contributed by atoms with Gasteiger partial charge in [0.1, 0.15) is 5.82 Å². The summed E-state index contributed by atoms with van der Waals surface area (Å²) in [5.41, 5.74) is 2.22. The highest BCUT2D eigenvalue weighted by molar-refractivity contribution is 7.78. The highest BCUT2D eigenvalue weighted by atomic mass is 32.1. The zero-order chi connectivity index (χ0) is 17.2. The summed E-state index contributed by atoms with van der Waals surface area (Å²) in [4.78, 5) is 4.01. The minimum Gasteiger partial charge on any atom is -0.454 e. The molecular formula is C19H16FNO3S. The Hall–Kier alpha value is -2.27. The van der Waals surface area contributed by atoms with Gasteiger partial charge >= 0.3 is 0 Å². The van der Waals surface area contributed by atoms with E-state index in [1.165, 1.54) is 6.07 Å². The smallest absolute Gasteiger partial charge is 0.231 e. The topological polar surface area (TPSA) is 40.0 Å². The largest absolute Gasteiger partial charge is 0.454 e. The summed E-state index contributed by atoms with van der Waals surface area (Å²) in [6.07, 6.45) is 1.76. The number of isothiocyanates is 1. The van der Waals surface area contributed by atoms with Crippen LogP contribution in [0.3, 0.4) is 0 Å². The lowest BCUT2D eigenvalue weighted by Gasteiger charge is -2.31. The van der Waals surface area contributed by atoms with E-state index in [2.05, 4.69) is 22.4 Å². The van der Waals surface area contributed by atoms with Crippen molar-refractivity contribution in [3.63, 3.8) is 0 Å². The van der Waals surface area contributed by atoms with E-state index in [-0.39, 0.29) is 31.4 Å². The van der Waals surface area contributed by atoms with Crippen LogP contribution in [-0.2, 0) is 11.3 Å². The van der Waals surface area contributed by atoms with Crippen LogP contribution < -0.4 is 9.47 Å². The normalized spacial score (nSPS) is 20.7. The molecule has 1 aliphatic heterocycles. The number of thiocarbonyl (C=S) groups is 1. The number of rotatable bonds is 5. The Morgan fingerprint density at radius 3 is 2.68 bits per heavy atom. The summed E-state index contributed by atoms with van der Waals surface area (Å²) in [6.45, 7) is 0.479. The molecule has 2 aliphatic rings. The number of hydrogen-bond acceptors (Lipinski definition) is 5. The number of ether oxygens (including phenoxy) is 3. The summed E-state index contributed by atoms with van der Waals surface area (Å²) in [7, 11) is 0. The van der Waals surface area contributed by atoms with Crippen LogP contribution in [0.5, 0.6) is 11.5 Å². The first kappa shape index (κ1) is 16.2. The van der Waals surface area contributed by atoms with E-state index >= 15 is 0 Å². The van der Waals surface area contributed by atoms with Gasteiger partial charge in [-0.2, -0.15) is 0 Å². The lowest BCUT2D eigenvalue weighted by Crippen LogP contribution is -2.34. The van der Waals surface area contributed by atoms with Gasteiger partial charge in [0, 0.05) is 5.56 Å².